The number of ether oxygens (including phenoxy) is 1. The summed E-state index contributed by atoms with van der Waals surface area (Å²) in [7, 11) is 0. The molecule has 3 aromatic heterocycles. The van der Waals surface area contributed by atoms with Gasteiger partial charge < -0.3 is 24.2 Å². The zero-order chi connectivity index (χ0) is 28.1. The maximum atomic E-state index is 11.2. The van der Waals surface area contributed by atoms with Crippen molar-refractivity contribution in [2.75, 3.05) is 37.7 Å². The molecule has 1 N–H and O–H groups in total. The molecule has 5 heterocycles. The second-order valence-electron chi connectivity index (χ2n) is 10.5. The number of likely N-dealkylation sites (tertiary alicyclic amines) is 1. The predicted molar refractivity (Wildman–Crippen MR) is 152 cm³/mol. The van der Waals surface area contributed by atoms with Crippen LogP contribution in [0.4, 0.5) is 10.6 Å². The first kappa shape index (κ1) is 25.2. The molecule has 2 fully saturated rings. The van der Waals surface area contributed by atoms with Crippen molar-refractivity contribution < 1.29 is 19.2 Å². The van der Waals surface area contributed by atoms with Gasteiger partial charge in [-0.3, -0.25) is 4.68 Å². The van der Waals surface area contributed by atoms with Crippen molar-refractivity contribution in [3.8, 4) is 22.5 Å². The minimum Gasteiger partial charge on any atom is -0.465 e. The van der Waals surface area contributed by atoms with Crippen LogP contribution in [-0.4, -0.2) is 73.9 Å². The lowest BCUT2D eigenvalue weighted by molar-refractivity contribution is 0.0812. The molecule has 11 heteroatoms. The summed E-state index contributed by atoms with van der Waals surface area (Å²) in [6.45, 7) is 6.51. The van der Waals surface area contributed by atoms with Gasteiger partial charge in [0.2, 0.25) is 0 Å². The van der Waals surface area contributed by atoms with Crippen LogP contribution < -0.4 is 4.90 Å². The number of carbonyl (C=O) groups is 1. The second kappa shape index (κ2) is 10.0. The molecule has 11 nitrogen and oxygen atoms in total. The second-order valence-corrected chi connectivity index (χ2v) is 10.5. The van der Waals surface area contributed by atoms with Crippen LogP contribution in [-0.2, 0) is 4.74 Å². The number of amides is 1. The van der Waals surface area contributed by atoms with Gasteiger partial charge in [-0.15, -0.1) is 0 Å². The van der Waals surface area contributed by atoms with Crippen molar-refractivity contribution in [3.63, 3.8) is 0 Å². The Morgan fingerprint density at radius 3 is 2.63 bits per heavy atom. The fraction of sp³-hybridized carbons (Fsp3) is 0.300. The van der Waals surface area contributed by atoms with Crippen molar-refractivity contribution in [3.05, 3.63) is 77.9 Å². The van der Waals surface area contributed by atoms with E-state index >= 15 is 0 Å². The highest BCUT2D eigenvalue weighted by atomic mass is 16.5. The molecule has 2 aromatic carbocycles. The number of morpholine rings is 1. The SMILES string of the molecule is Cc1noc(C)c1-c1ccc2nc(-c3cnn(C4CN(C(=O)O)C4)c3)nc(N3CCOCC3c3ccccc3)c2c1. The van der Waals surface area contributed by atoms with E-state index in [9.17, 15) is 9.90 Å². The lowest BCUT2D eigenvalue weighted by Crippen LogP contribution is -2.50. The molecule has 1 atom stereocenters. The van der Waals surface area contributed by atoms with E-state index in [2.05, 4.69) is 33.4 Å². The molecule has 2 aliphatic rings. The summed E-state index contributed by atoms with van der Waals surface area (Å²) in [6, 6.07) is 16.5. The summed E-state index contributed by atoms with van der Waals surface area (Å²) in [4.78, 5) is 25.0. The zero-order valence-corrected chi connectivity index (χ0v) is 22.8. The molecule has 0 aliphatic carbocycles. The molecule has 0 radical (unpaired) electrons. The molecule has 208 valence electrons. The molecular formula is C30H29N7O4. The Morgan fingerprint density at radius 1 is 1.05 bits per heavy atom. The van der Waals surface area contributed by atoms with E-state index in [1.54, 1.807) is 6.20 Å². The van der Waals surface area contributed by atoms with Gasteiger partial charge in [-0.25, -0.2) is 14.8 Å². The highest BCUT2D eigenvalue weighted by molar-refractivity contribution is 5.95. The Labute approximate surface area is 236 Å². The van der Waals surface area contributed by atoms with Gasteiger partial charge in [0.1, 0.15) is 11.6 Å². The Balaban J connectivity index is 1.35. The first-order valence-corrected chi connectivity index (χ1v) is 13.6. The van der Waals surface area contributed by atoms with Crippen molar-refractivity contribution in [2.24, 2.45) is 0 Å². The average Bonchev–Trinajstić information content (AvgIpc) is 3.58. The van der Waals surface area contributed by atoms with Gasteiger partial charge in [0.15, 0.2) is 5.82 Å². The number of anilines is 1. The molecule has 41 heavy (non-hydrogen) atoms. The first-order chi connectivity index (χ1) is 20.0. The van der Waals surface area contributed by atoms with E-state index in [0.717, 1.165) is 50.4 Å². The van der Waals surface area contributed by atoms with Gasteiger partial charge >= 0.3 is 6.09 Å². The number of carboxylic acid groups (broad SMARTS) is 1. The van der Waals surface area contributed by atoms with Gasteiger partial charge in [-0.05, 0) is 37.1 Å². The van der Waals surface area contributed by atoms with E-state index in [4.69, 9.17) is 19.2 Å². The zero-order valence-electron chi connectivity index (χ0n) is 22.8. The molecule has 1 unspecified atom stereocenters. The van der Waals surface area contributed by atoms with E-state index in [0.29, 0.717) is 38.7 Å². The summed E-state index contributed by atoms with van der Waals surface area (Å²) in [5, 5.41) is 18.8. The number of fused-ring (bicyclic) bond motifs is 1. The minimum atomic E-state index is -0.912. The third-order valence-corrected chi connectivity index (χ3v) is 7.95. The quantitative estimate of drug-likeness (QED) is 0.326. The number of aryl methyl sites for hydroxylation is 2. The van der Waals surface area contributed by atoms with Gasteiger partial charge in [-0.2, -0.15) is 5.10 Å². The van der Waals surface area contributed by atoms with Crippen LogP contribution in [0.5, 0.6) is 0 Å². The van der Waals surface area contributed by atoms with Crippen LogP contribution >= 0.6 is 0 Å². The maximum absolute atomic E-state index is 11.2. The van der Waals surface area contributed by atoms with E-state index < -0.39 is 6.09 Å². The number of aromatic nitrogens is 5. The normalized spacial score (nSPS) is 17.7. The van der Waals surface area contributed by atoms with Crippen molar-refractivity contribution >= 4 is 22.8 Å². The largest absolute Gasteiger partial charge is 0.465 e. The third-order valence-electron chi connectivity index (χ3n) is 7.95. The summed E-state index contributed by atoms with van der Waals surface area (Å²) < 4.78 is 13.2. The average molecular weight is 552 g/mol. The number of benzene rings is 2. The molecule has 5 aromatic rings. The molecule has 0 bridgehead atoms. The van der Waals surface area contributed by atoms with Crippen LogP contribution in [0.2, 0.25) is 0 Å². The number of hydrogen-bond donors (Lipinski definition) is 1. The molecule has 7 rings (SSSR count). The smallest absolute Gasteiger partial charge is 0.407 e. The fourth-order valence-corrected chi connectivity index (χ4v) is 5.75. The lowest BCUT2D eigenvalue weighted by atomic mass is 10.0. The van der Waals surface area contributed by atoms with Gasteiger partial charge in [0.25, 0.3) is 0 Å². The fourth-order valence-electron chi connectivity index (χ4n) is 5.75. The van der Waals surface area contributed by atoms with E-state index in [1.807, 2.05) is 55.1 Å². The maximum Gasteiger partial charge on any atom is 0.407 e. The molecule has 2 saturated heterocycles. The van der Waals surface area contributed by atoms with Crippen molar-refractivity contribution in [1.82, 2.24) is 29.8 Å². The van der Waals surface area contributed by atoms with Crippen LogP contribution in [0, 0.1) is 13.8 Å². The Hall–Kier alpha value is -4.77. The van der Waals surface area contributed by atoms with Crippen LogP contribution in [0.3, 0.4) is 0 Å². The summed E-state index contributed by atoms with van der Waals surface area (Å²) in [5.41, 5.74) is 5.55. The van der Waals surface area contributed by atoms with Gasteiger partial charge in [0.05, 0.1) is 48.3 Å². The van der Waals surface area contributed by atoms with E-state index in [1.165, 1.54) is 4.90 Å². The summed E-state index contributed by atoms with van der Waals surface area (Å²) >= 11 is 0. The van der Waals surface area contributed by atoms with Crippen molar-refractivity contribution in [1.29, 1.82) is 0 Å². The molecule has 0 spiro atoms. The third kappa shape index (κ3) is 4.48. The highest BCUT2D eigenvalue weighted by Gasteiger charge is 2.33. The van der Waals surface area contributed by atoms with Crippen LogP contribution in [0.1, 0.15) is 29.1 Å². The number of hydrogen-bond acceptors (Lipinski definition) is 8. The first-order valence-electron chi connectivity index (χ1n) is 13.6. The molecule has 1 amide bonds. The van der Waals surface area contributed by atoms with E-state index in [-0.39, 0.29) is 12.1 Å². The molecular weight excluding hydrogens is 522 g/mol. The molecule has 0 saturated carbocycles. The standard InChI is InChI=1S/C30H29N7O4/c1-18-27(19(2)41-34-18)21-8-9-25-24(12-21)29(36-10-11-40-17-26(36)20-6-4-3-5-7-20)33-28(32-25)22-13-31-37(14-22)23-15-35(16-23)30(38)39/h3-9,12-14,23,26H,10-11,15-17H2,1-2H3,(H,38,39). The number of nitrogens with zero attached hydrogens (tertiary/aromatic N) is 7. The van der Waals surface area contributed by atoms with Gasteiger partial charge in [0, 0.05) is 36.8 Å². The highest BCUT2D eigenvalue weighted by Crippen LogP contribution is 2.37. The number of rotatable bonds is 5. The topological polar surface area (TPSA) is 123 Å². The van der Waals surface area contributed by atoms with Crippen LogP contribution in [0.25, 0.3) is 33.4 Å². The summed E-state index contributed by atoms with van der Waals surface area (Å²) in [5.74, 6) is 2.15. The molecule has 2 aliphatic heterocycles. The Kier molecular flexibility index (Phi) is 6.15. The Morgan fingerprint density at radius 2 is 1.88 bits per heavy atom. The van der Waals surface area contributed by atoms with Gasteiger partial charge in [-0.1, -0.05) is 41.6 Å². The Bertz CT molecular complexity index is 1720. The van der Waals surface area contributed by atoms with Crippen LogP contribution in [0.15, 0.2) is 65.4 Å². The summed E-state index contributed by atoms with van der Waals surface area (Å²) in [6.07, 6.45) is 2.74. The monoisotopic (exact) mass is 551 g/mol. The predicted octanol–water partition coefficient (Wildman–Crippen LogP) is 4.88. The lowest BCUT2D eigenvalue weighted by Gasteiger charge is -2.37. The van der Waals surface area contributed by atoms with Crippen molar-refractivity contribution in [2.45, 2.75) is 25.9 Å². The minimum absolute atomic E-state index is 0.000844.